The van der Waals surface area contributed by atoms with E-state index in [0.29, 0.717) is 6.04 Å². The van der Waals surface area contributed by atoms with Gasteiger partial charge in [0.25, 0.3) is 0 Å². The van der Waals surface area contributed by atoms with E-state index in [1.807, 2.05) is 26.1 Å². The number of rotatable bonds is 8. The van der Waals surface area contributed by atoms with E-state index in [1.54, 1.807) is 0 Å². The fourth-order valence-electron chi connectivity index (χ4n) is 2.22. The lowest BCUT2D eigenvalue weighted by Gasteiger charge is -2.28. The normalized spacial score (nSPS) is 11.5. The summed E-state index contributed by atoms with van der Waals surface area (Å²) in [5.41, 5.74) is 1.12. The summed E-state index contributed by atoms with van der Waals surface area (Å²) in [7, 11) is 0. The van der Waals surface area contributed by atoms with Crippen LogP contribution in [0.4, 0.5) is 5.95 Å². The van der Waals surface area contributed by atoms with Gasteiger partial charge in [0.2, 0.25) is 5.95 Å². The second kappa shape index (κ2) is 11.7. The summed E-state index contributed by atoms with van der Waals surface area (Å²) in [6, 6.07) is 2.52. The van der Waals surface area contributed by atoms with Crippen molar-refractivity contribution >= 4 is 5.95 Å². The molecule has 0 saturated heterocycles. The Balaban J connectivity index is 0.00000172. The predicted molar refractivity (Wildman–Crippen MR) is 89.4 cm³/mol. The number of aromatic nitrogens is 2. The molecule has 0 aliphatic heterocycles. The molecular formula is C17H33N3. The minimum atomic E-state index is 0.522. The third-order valence-electron chi connectivity index (χ3n) is 3.42. The summed E-state index contributed by atoms with van der Waals surface area (Å²) in [5, 5.41) is 0. The van der Waals surface area contributed by atoms with Crippen LogP contribution < -0.4 is 4.90 Å². The fraction of sp³-hybridized carbons (Fsp3) is 0.765. The molecule has 0 fully saturated rings. The van der Waals surface area contributed by atoms with E-state index in [2.05, 4.69) is 42.6 Å². The first-order valence-corrected chi connectivity index (χ1v) is 8.31. The van der Waals surface area contributed by atoms with Crippen LogP contribution in [0.2, 0.25) is 0 Å². The Morgan fingerprint density at radius 3 is 2.40 bits per heavy atom. The summed E-state index contributed by atoms with van der Waals surface area (Å²) >= 11 is 0. The van der Waals surface area contributed by atoms with Crippen molar-refractivity contribution in [3.05, 3.63) is 18.0 Å². The third-order valence-corrected chi connectivity index (χ3v) is 3.42. The van der Waals surface area contributed by atoms with Crippen molar-refractivity contribution in [2.75, 3.05) is 11.4 Å². The number of unbranched alkanes of at least 4 members (excludes halogenated alkanes) is 2. The Morgan fingerprint density at radius 1 is 1.15 bits per heavy atom. The minimum Gasteiger partial charge on any atom is -0.338 e. The predicted octanol–water partition coefficient (Wildman–Crippen LogP) is 4.86. The molecule has 0 N–H and O–H groups in total. The number of anilines is 1. The van der Waals surface area contributed by atoms with E-state index < -0.39 is 0 Å². The number of aryl methyl sites for hydroxylation is 1. The van der Waals surface area contributed by atoms with Crippen LogP contribution >= 0.6 is 0 Å². The van der Waals surface area contributed by atoms with Gasteiger partial charge in [-0.15, -0.1) is 0 Å². The Bertz CT molecular complexity index is 339. The summed E-state index contributed by atoms with van der Waals surface area (Å²) in [6.07, 6.45) is 7.96. The molecule has 0 saturated carbocycles. The highest BCUT2D eigenvalue weighted by atomic mass is 15.3. The maximum atomic E-state index is 4.63. The highest BCUT2D eigenvalue weighted by Gasteiger charge is 2.15. The van der Waals surface area contributed by atoms with Crippen LogP contribution in [0.5, 0.6) is 0 Å². The second-order valence-corrected chi connectivity index (χ2v) is 4.83. The van der Waals surface area contributed by atoms with E-state index in [-0.39, 0.29) is 0 Å². The topological polar surface area (TPSA) is 29.0 Å². The van der Waals surface area contributed by atoms with Crippen LogP contribution in [0.15, 0.2) is 12.3 Å². The first-order chi connectivity index (χ1) is 9.72. The van der Waals surface area contributed by atoms with E-state index >= 15 is 0 Å². The van der Waals surface area contributed by atoms with Crippen molar-refractivity contribution in [1.29, 1.82) is 0 Å². The molecule has 0 aromatic carbocycles. The number of nitrogens with zero attached hydrogens (tertiary/aromatic N) is 3. The zero-order valence-corrected chi connectivity index (χ0v) is 14.3. The zero-order chi connectivity index (χ0) is 15.4. The molecule has 1 atom stereocenters. The molecule has 1 aromatic rings. The molecule has 1 aromatic heterocycles. The van der Waals surface area contributed by atoms with Gasteiger partial charge >= 0.3 is 0 Å². The summed E-state index contributed by atoms with van der Waals surface area (Å²) in [6.45, 7) is 13.8. The molecule has 0 radical (unpaired) electrons. The van der Waals surface area contributed by atoms with Crippen LogP contribution in [0, 0.1) is 0 Å². The molecule has 0 aliphatic carbocycles. The molecule has 116 valence electrons. The molecule has 0 spiro atoms. The van der Waals surface area contributed by atoms with E-state index in [4.69, 9.17) is 0 Å². The van der Waals surface area contributed by atoms with E-state index in [1.165, 1.54) is 25.7 Å². The van der Waals surface area contributed by atoms with Gasteiger partial charge in [-0.3, -0.25) is 0 Å². The fourth-order valence-corrected chi connectivity index (χ4v) is 2.22. The molecule has 1 heterocycles. The molecule has 1 rings (SSSR count). The Hall–Kier alpha value is -1.12. The van der Waals surface area contributed by atoms with Crippen molar-refractivity contribution in [3.63, 3.8) is 0 Å². The van der Waals surface area contributed by atoms with Gasteiger partial charge in [-0.2, -0.15) is 0 Å². The van der Waals surface area contributed by atoms with Gasteiger partial charge in [0.15, 0.2) is 0 Å². The van der Waals surface area contributed by atoms with Crippen LogP contribution in [0.3, 0.4) is 0 Å². The highest BCUT2D eigenvalue weighted by Crippen LogP contribution is 2.16. The number of hydrogen-bond acceptors (Lipinski definition) is 3. The van der Waals surface area contributed by atoms with Crippen molar-refractivity contribution in [1.82, 2.24) is 9.97 Å². The molecule has 3 nitrogen and oxygen atoms in total. The van der Waals surface area contributed by atoms with Gasteiger partial charge in [-0.05, 0) is 32.8 Å². The van der Waals surface area contributed by atoms with Crippen LogP contribution in [0.1, 0.15) is 72.9 Å². The van der Waals surface area contributed by atoms with Gasteiger partial charge in [-0.1, -0.05) is 47.0 Å². The lowest BCUT2D eigenvalue weighted by Crippen LogP contribution is -2.34. The van der Waals surface area contributed by atoms with Crippen LogP contribution in [-0.2, 0) is 6.42 Å². The van der Waals surface area contributed by atoms with Crippen molar-refractivity contribution < 1.29 is 0 Å². The lowest BCUT2D eigenvalue weighted by molar-refractivity contribution is 0.544. The molecule has 1 unspecified atom stereocenters. The lowest BCUT2D eigenvalue weighted by atomic mass is 10.1. The van der Waals surface area contributed by atoms with Gasteiger partial charge in [-0.25, -0.2) is 9.97 Å². The number of hydrogen-bond donors (Lipinski definition) is 0. The van der Waals surface area contributed by atoms with Crippen molar-refractivity contribution in [2.24, 2.45) is 0 Å². The quantitative estimate of drug-likeness (QED) is 0.636. The van der Waals surface area contributed by atoms with Crippen LogP contribution in [0.25, 0.3) is 0 Å². The van der Waals surface area contributed by atoms with Crippen molar-refractivity contribution in [3.8, 4) is 0 Å². The molecule has 3 heteroatoms. The van der Waals surface area contributed by atoms with E-state index in [0.717, 1.165) is 24.6 Å². The summed E-state index contributed by atoms with van der Waals surface area (Å²) in [4.78, 5) is 11.4. The largest absolute Gasteiger partial charge is 0.338 e. The highest BCUT2D eigenvalue weighted by molar-refractivity contribution is 5.31. The van der Waals surface area contributed by atoms with E-state index in [9.17, 15) is 0 Å². The third kappa shape index (κ3) is 6.36. The van der Waals surface area contributed by atoms with Gasteiger partial charge in [0, 0.05) is 24.5 Å². The molecule has 0 aliphatic rings. The zero-order valence-electron chi connectivity index (χ0n) is 14.3. The first kappa shape index (κ1) is 18.9. The summed E-state index contributed by atoms with van der Waals surface area (Å²) < 4.78 is 0. The van der Waals surface area contributed by atoms with Crippen LogP contribution in [-0.4, -0.2) is 22.6 Å². The summed E-state index contributed by atoms with van der Waals surface area (Å²) in [5.74, 6) is 0.890. The van der Waals surface area contributed by atoms with Gasteiger partial charge in [0.05, 0.1) is 0 Å². The standard InChI is InChI=1S/C15H27N3.C2H6/c1-5-8-9-10-13(4)18(7-3)15-16-12-11-14(6-2)17-15;1-2/h11-13H,5-10H2,1-4H3;1-2H3. The monoisotopic (exact) mass is 279 g/mol. The first-order valence-electron chi connectivity index (χ1n) is 8.31. The molecule has 0 amide bonds. The molecular weight excluding hydrogens is 246 g/mol. The Morgan fingerprint density at radius 2 is 1.85 bits per heavy atom. The maximum Gasteiger partial charge on any atom is 0.225 e. The minimum absolute atomic E-state index is 0.522. The Kier molecular flexibility index (Phi) is 11.0. The SMILES string of the molecule is CC.CCCCCC(C)N(CC)c1nccc(CC)n1. The molecule has 0 bridgehead atoms. The van der Waals surface area contributed by atoms with Gasteiger partial charge < -0.3 is 4.90 Å². The maximum absolute atomic E-state index is 4.63. The Labute approximate surface area is 125 Å². The average molecular weight is 279 g/mol. The second-order valence-electron chi connectivity index (χ2n) is 4.83. The molecule has 20 heavy (non-hydrogen) atoms. The average Bonchev–Trinajstić information content (AvgIpc) is 2.50. The smallest absolute Gasteiger partial charge is 0.225 e. The van der Waals surface area contributed by atoms with Gasteiger partial charge in [0.1, 0.15) is 0 Å². The van der Waals surface area contributed by atoms with Crippen molar-refractivity contribution in [2.45, 2.75) is 79.7 Å².